The predicted molar refractivity (Wildman–Crippen MR) is 43.6 cm³/mol. The number of carbonyl (C=O) groups is 2. The first kappa shape index (κ1) is 10.3. The summed E-state index contributed by atoms with van der Waals surface area (Å²) in [6, 6.07) is -0.600. The molecule has 0 heterocycles. The van der Waals surface area contributed by atoms with Crippen molar-refractivity contribution in [3.05, 3.63) is 0 Å². The SMILES string of the molecule is CCOC(=O)NC(C)C(=O)S. The van der Waals surface area contributed by atoms with Gasteiger partial charge in [0.15, 0.2) is 0 Å². The van der Waals surface area contributed by atoms with Gasteiger partial charge in [-0.2, -0.15) is 0 Å². The summed E-state index contributed by atoms with van der Waals surface area (Å²) in [6.45, 7) is 3.51. The highest BCUT2D eigenvalue weighted by Gasteiger charge is 2.11. The first-order valence-electron chi connectivity index (χ1n) is 3.24. The van der Waals surface area contributed by atoms with Gasteiger partial charge in [0.2, 0.25) is 5.12 Å². The lowest BCUT2D eigenvalue weighted by molar-refractivity contribution is -0.112. The van der Waals surface area contributed by atoms with Gasteiger partial charge in [0.05, 0.1) is 12.6 Å². The van der Waals surface area contributed by atoms with Gasteiger partial charge in [-0.15, -0.1) is 12.6 Å². The molecule has 5 heteroatoms. The van der Waals surface area contributed by atoms with Gasteiger partial charge in [0.1, 0.15) is 0 Å². The molecule has 1 N–H and O–H groups in total. The molecule has 11 heavy (non-hydrogen) atoms. The van der Waals surface area contributed by atoms with Gasteiger partial charge in [-0.3, -0.25) is 4.79 Å². The Balaban J connectivity index is 3.66. The van der Waals surface area contributed by atoms with Crippen molar-refractivity contribution in [2.45, 2.75) is 19.9 Å². The van der Waals surface area contributed by atoms with Crippen LogP contribution in [0.15, 0.2) is 0 Å². The molecule has 1 atom stereocenters. The third-order valence-electron chi connectivity index (χ3n) is 0.980. The molecular weight excluding hydrogens is 166 g/mol. The topological polar surface area (TPSA) is 55.4 Å². The molecule has 0 fully saturated rings. The average molecular weight is 177 g/mol. The van der Waals surface area contributed by atoms with E-state index < -0.39 is 17.3 Å². The van der Waals surface area contributed by atoms with Crippen LogP contribution in [0.1, 0.15) is 13.8 Å². The van der Waals surface area contributed by atoms with E-state index >= 15 is 0 Å². The minimum absolute atomic E-state index is 0.291. The van der Waals surface area contributed by atoms with E-state index in [-0.39, 0.29) is 0 Å². The van der Waals surface area contributed by atoms with Crippen molar-refractivity contribution in [3.8, 4) is 0 Å². The molecule has 0 aromatic carbocycles. The van der Waals surface area contributed by atoms with Gasteiger partial charge in [0, 0.05) is 0 Å². The third-order valence-corrected chi connectivity index (χ3v) is 1.37. The summed E-state index contributed by atoms with van der Waals surface area (Å²) >= 11 is 3.53. The minimum atomic E-state index is -0.600. The second-order valence-corrected chi connectivity index (χ2v) is 2.37. The fourth-order valence-corrected chi connectivity index (χ4v) is 0.476. The zero-order valence-electron chi connectivity index (χ0n) is 6.46. The van der Waals surface area contributed by atoms with E-state index in [1.54, 1.807) is 6.92 Å². The van der Waals surface area contributed by atoms with E-state index in [0.717, 1.165) is 0 Å². The molecule has 1 amide bonds. The summed E-state index contributed by atoms with van der Waals surface area (Å²) in [4.78, 5) is 21.1. The van der Waals surface area contributed by atoms with Crippen LogP contribution in [-0.4, -0.2) is 23.9 Å². The molecule has 0 saturated heterocycles. The zero-order chi connectivity index (χ0) is 8.85. The average Bonchev–Trinajstić information content (AvgIpc) is 1.87. The van der Waals surface area contributed by atoms with E-state index in [2.05, 4.69) is 22.7 Å². The standard InChI is InChI=1S/C6H11NO3S/c1-3-10-6(9)7-4(2)5(8)11/h4H,3H2,1-2H3,(H,7,9)(H,8,11). The maximum atomic E-state index is 10.6. The van der Waals surface area contributed by atoms with Crippen molar-refractivity contribution < 1.29 is 14.3 Å². The van der Waals surface area contributed by atoms with Crippen LogP contribution in [0.4, 0.5) is 4.79 Å². The summed E-state index contributed by atoms with van der Waals surface area (Å²) in [5.74, 6) is 0. The van der Waals surface area contributed by atoms with Crippen molar-refractivity contribution in [3.63, 3.8) is 0 Å². The number of ether oxygens (including phenoxy) is 1. The van der Waals surface area contributed by atoms with Gasteiger partial charge in [-0.25, -0.2) is 4.79 Å². The number of hydrogen-bond donors (Lipinski definition) is 2. The number of alkyl carbamates (subject to hydrolysis) is 1. The molecular formula is C6H11NO3S. The van der Waals surface area contributed by atoms with Crippen LogP contribution in [0.25, 0.3) is 0 Å². The third kappa shape index (κ3) is 4.66. The lowest BCUT2D eigenvalue weighted by Gasteiger charge is -2.08. The number of amides is 1. The van der Waals surface area contributed by atoms with E-state index in [9.17, 15) is 9.59 Å². The molecule has 4 nitrogen and oxygen atoms in total. The summed E-state index contributed by atoms with van der Waals surface area (Å²) in [5.41, 5.74) is 0. The lowest BCUT2D eigenvalue weighted by Crippen LogP contribution is -2.36. The molecule has 0 saturated carbocycles. The number of hydrogen-bond acceptors (Lipinski definition) is 3. The highest BCUT2D eigenvalue weighted by Crippen LogP contribution is 1.89. The van der Waals surface area contributed by atoms with Gasteiger partial charge >= 0.3 is 6.09 Å². The molecule has 0 radical (unpaired) electrons. The maximum absolute atomic E-state index is 10.6. The highest BCUT2D eigenvalue weighted by atomic mass is 32.1. The Morgan fingerprint density at radius 1 is 1.64 bits per heavy atom. The number of rotatable bonds is 3. The summed E-state index contributed by atoms with van der Waals surface area (Å²) in [5, 5.41) is 1.90. The Hall–Kier alpha value is -0.710. The van der Waals surface area contributed by atoms with Crippen molar-refractivity contribution >= 4 is 23.8 Å². The fourth-order valence-electron chi connectivity index (χ4n) is 0.411. The molecule has 0 aliphatic rings. The molecule has 0 rings (SSSR count). The summed E-state index contributed by atoms with van der Waals surface area (Å²) < 4.78 is 4.53. The van der Waals surface area contributed by atoms with Crippen LogP contribution in [0.2, 0.25) is 0 Å². The minimum Gasteiger partial charge on any atom is -0.450 e. The summed E-state index contributed by atoms with van der Waals surface area (Å²) in [6.07, 6.45) is -0.595. The molecule has 0 bridgehead atoms. The molecule has 0 aliphatic heterocycles. The zero-order valence-corrected chi connectivity index (χ0v) is 7.35. The molecule has 1 unspecified atom stereocenters. The van der Waals surface area contributed by atoms with E-state index in [0.29, 0.717) is 6.61 Å². The highest BCUT2D eigenvalue weighted by molar-refractivity contribution is 7.96. The molecule has 0 aromatic heterocycles. The quantitative estimate of drug-likeness (QED) is 0.620. The monoisotopic (exact) mass is 177 g/mol. The van der Waals surface area contributed by atoms with Gasteiger partial charge < -0.3 is 10.1 Å². The smallest absolute Gasteiger partial charge is 0.407 e. The van der Waals surface area contributed by atoms with Crippen LogP contribution >= 0.6 is 12.6 Å². The van der Waals surface area contributed by atoms with E-state index in [1.165, 1.54) is 6.92 Å². The Kier molecular flexibility index (Phi) is 4.69. The first-order chi connectivity index (χ1) is 5.07. The Morgan fingerprint density at radius 3 is 2.55 bits per heavy atom. The van der Waals surface area contributed by atoms with Crippen molar-refractivity contribution in [1.29, 1.82) is 0 Å². The van der Waals surface area contributed by atoms with Gasteiger partial charge in [0.25, 0.3) is 0 Å². The molecule has 0 aromatic rings. The fraction of sp³-hybridized carbons (Fsp3) is 0.667. The number of carbonyl (C=O) groups excluding carboxylic acids is 2. The summed E-state index contributed by atoms with van der Waals surface area (Å²) in [7, 11) is 0. The molecule has 64 valence electrons. The molecule has 0 spiro atoms. The molecule has 0 aliphatic carbocycles. The van der Waals surface area contributed by atoms with Crippen molar-refractivity contribution in [2.75, 3.05) is 6.61 Å². The Bertz CT molecular complexity index is 160. The van der Waals surface area contributed by atoms with Gasteiger partial charge in [-0.05, 0) is 13.8 Å². The lowest BCUT2D eigenvalue weighted by atomic mass is 10.4. The Labute approximate surface area is 70.7 Å². The maximum Gasteiger partial charge on any atom is 0.407 e. The van der Waals surface area contributed by atoms with Gasteiger partial charge in [-0.1, -0.05) is 0 Å². The Morgan fingerprint density at radius 2 is 2.18 bits per heavy atom. The van der Waals surface area contributed by atoms with Crippen LogP contribution in [0, 0.1) is 0 Å². The second kappa shape index (κ2) is 5.01. The number of thiol groups is 1. The van der Waals surface area contributed by atoms with Crippen LogP contribution in [0.3, 0.4) is 0 Å². The van der Waals surface area contributed by atoms with Crippen LogP contribution in [-0.2, 0) is 9.53 Å². The predicted octanol–water partition coefficient (Wildman–Crippen LogP) is 0.577. The van der Waals surface area contributed by atoms with Crippen molar-refractivity contribution in [1.82, 2.24) is 5.32 Å². The normalized spacial score (nSPS) is 11.9. The van der Waals surface area contributed by atoms with E-state index in [4.69, 9.17) is 0 Å². The van der Waals surface area contributed by atoms with Crippen molar-refractivity contribution in [2.24, 2.45) is 0 Å². The first-order valence-corrected chi connectivity index (χ1v) is 3.68. The largest absolute Gasteiger partial charge is 0.450 e. The van der Waals surface area contributed by atoms with Crippen LogP contribution in [0.5, 0.6) is 0 Å². The van der Waals surface area contributed by atoms with Crippen LogP contribution < -0.4 is 5.32 Å². The second-order valence-electron chi connectivity index (χ2n) is 1.92. The van der Waals surface area contributed by atoms with E-state index in [1.807, 2.05) is 0 Å². The number of nitrogens with one attached hydrogen (secondary N) is 1.